The summed E-state index contributed by atoms with van der Waals surface area (Å²) in [5.41, 5.74) is 1.54. The van der Waals surface area contributed by atoms with E-state index in [0.717, 1.165) is 5.69 Å². The largest absolute Gasteiger partial charge is 0.478 e. The van der Waals surface area contributed by atoms with Crippen LogP contribution in [0.1, 0.15) is 35.5 Å². The number of pyridine rings is 1. The van der Waals surface area contributed by atoms with Crippen molar-refractivity contribution in [3.63, 3.8) is 0 Å². The van der Waals surface area contributed by atoms with Gasteiger partial charge in [0.1, 0.15) is 11.4 Å². The molecule has 110 valence electrons. The predicted octanol–water partition coefficient (Wildman–Crippen LogP) is 1.36. The Bertz CT molecular complexity index is 515. The van der Waals surface area contributed by atoms with Gasteiger partial charge in [-0.25, -0.2) is 9.78 Å². The molecule has 0 atom stereocenters. The van der Waals surface area contributed by atoms with E-state index < -0.39 is 5.97 Å². The van der Waals surface area contributed by atoms with E-state index in [9.17, 15) is 14.7 Å². The number of hydrogen-bond acceptors (Lipinski definition) is 4. The second-order valence-electron chi connectivity index (χ2n) is 4.55. The Morgan fingerprint density at radius 2 is 2.00 bits per heavy atom. The molecule has 0 aliphatic carbocycles. The Morgan fingerprint density at radius 3 is 2.50 bits per heavy atom. The van der Waals surface area contributed by atoms with E-state index in [-0.39, 0.29) is 18.0 Å². The fourth-order valence-electron chi connectivity index (χ4n) is 2.07. The van der Waals surface area contributed by atoms with Gasteiger partial charge in [-0.1, -0.05) is 0 Å². The van der Waals surface area contributed by atoms with Crippen molar-refractivity contribution in [1.29, 1.82) is 0 Å². The van der Waals surface area contributed by atoms with Crippen molar-refractivity contribution in [2.75, 3.05) is 24.5 Å². The highest BCUT2D eigenvalue weighted by atomic mass is 16.4. The molecule has 2 N–H and O–H groups in total. The lowest BCUT2D eigenvalue weighted by Gasteiger charge is -2.24. The van der Waals surface area contributed by atoms with E-state index in [0.29, 0.717) is 24.5 Å². The first-order valence-corrected chi connectivity index (χ1v) is 6.63. The number of carbonyl (C=O) groups is 2. The molecule has 0 bridgehead atoms. The maximum atomic E-state index is 11.7. The number of nitrogens with one attached hydrogen (secondary N) is 1. The average molecular weight is 279 g/mol. The van der Waals surface area contributed by atoms with Gasteiger partial charge in [-0.3, -0.25) is 4.79 Å². The molecule has 1 rings (SSSR count). The maximum Gasteiger partial charge on any atom is 0.339 e. The van der Waals surface area contributed by atoms with Gasteiger partial charge in [-0.05, 0) is 39.3 Å². The minimum absolute atomic E-state index is 0.0977. The summed E-state index contributed by atoms with van der Waals surface area (Å²) >= 11 is 0. The molecule has 0 unspecified atom stereocenters. The van der Waals surface area contributed by atoms with Gasteiger partial charge in [0.15, 0.2) is 0 Å². The number of anilines is 1. The SMILES string of the molecule is CCNC(=O)CN(CC)c1nc(C)cc(C)c1C(=O)O. The smallest absolute Gasteiger partial charge is 0.339 e. The quantitative estimate of drug-likeness (QED) is 0.821. The van der Waals surface area contributed by atoms with Crippen molar-refractivity contribution in [2.45, 2.75) is 27.7 Å². The van der Waals surface area contributed by atoms with Crippen molar-refractivity contribution in [2.24, 2.45) is 0 Å². The van der Waals surface area contributed by atoms with Gasteiger partial charge in [-0.15, -0.1) is 0 Å². The van der Waals surface area contributed by atoms with E-state index in [4.69, 9.17) is 0 Å². The van der Waals surface area contributed by atoms with Crippen molar-refractivity contribution >= 4 is 17.7 Å². The highest BCUT2D eigenvalue weighted by Gasteiger charge is 2.21. The summed E-state index contributed by atoms with van der Waals surface area (Å²) < 4.78 is 0. The lowest BCUT2D eigenvalue weighted by atomic mass is 10.1. The first-order chi connectivity index (χ1) is 9.40. The van der Waals surface area contributed by atoms with E-state index in [2.05, 4.69) is 10.3 Å². The van der Waals surface area contributed by atoms with Gasteiger partial charge < -0.3 is 15.3 Å². The molecular formula is C14H21N3O3. The van der Waals surface area contributed by atoms with Gasteiger partial charge in [0.2, 0.25) is 5.91 Å². The third kappa shape index (κ3) is 3.69. The molecule has 20 heavy (non-hydrogen) atoms. The molecule has 6 heteroatoms. The molecule has 0 radical (unpaired) electrons. The second kappa shape index (κ2) is 6.88. The zero-order valence-corrected chi connectivity index (χ0v) is 12.4. The molecule has 0 saturated carbocycles. The zero-order valence-electron chi connectivity index (χ0n) is 12.4. The van der Waals surface area contributed by atoms with Crippen molar-refractivity contribution < 1.29 is 14.7 Å². The van der Waals surface area contributed by atoms with Crippen LogP contribution in [0.3, 0.4) is 0 Å². The van der Waals surface area contributed by atoms with Crippen LogP contribution < -0.4 is 10.2 Å². The molecule has 1 heterocycles. The van der Waals surface area contributed by atoms with Crippen LogP contribution in [0, 0.1) is 13.8 Å². The van der Waals surface area contributed by atoms with Crippen LogP contribution >= 0.6 is 0 Å². The molecule has 1 amide bonds. The van der Waals surface area contributed by atoms with E-state index in [1.165, 1.54) is 0 Å². The van der Waals surface area contributed by atoms with Gasteiger partial charge in [0.05, 0.1) is 6.54 Å². The number of aryl methyl sites for hydroxylation is 2. The Morgan fingerprint density at radius 1 is 1.35 bits per heavy atom. The summed E-state index contributed by atoms with van der Waals surface area (Å²) in [5.74, 6) is -0.824. The standard InChI is InChI=1S/C14H21N3O3/c1-5-15-11(18)8-17(6-2)13-12(14(19)20)9(3)7-10(4)16-13/h7H,5-6,8H2,1-4H3,(H,15,18)(H,19,20). The summed E-state index contributed by atoms with van der Waals surface area (Å²) in [7, 11) is 0. The van der Waals surface area contributed by atoms with Crippen LogP contribution in [0.4, 0.5) is 5.82 Å². The van der Waals surface area contributed by atoms with Crippen LogP contribution in [0.25, 0.3) is 0 Å². The van der Waals surface area contributed by atoms with Crippen LogP contribution in [0.15, 0.2) is 6.07 Å². The Hall–Kier alpha value is -2.11. The Kier molecular flexibility index (Phi) is 5.49. The van der Waals surface area contributed by atoms with Crippen LogP contribution in [-0.2, 0) is 4.79 Å². The summed E-state index contributed by atoms with van der Waals surface area (Å²) in [5, 5.41) is 12.1. The highest BCUT2D eigenvalue weighted by molar-refractivity contribution is 5.96. The van der Waals surface area contributed by atoms with Crippen molar-refractivity contribution in [1.82, 2.24) is 10.3 Å². The topological polar surface area (TPSA) is 82.5 Å². The van der Waals surface area contributed by atoms with E-state index in [1.54, 1.807) is 17.9 Å². The highest BCUT2D eigenvalue weighted by Crippen LogP contribution is 2.22. The molecule has 0 aliphatic rings. The predicted molar refractivity (Wildman–Crippen MR) is 77.2 cm³/mol. The lowest BCUT2D eigenvalue weighted by molar-refractivity contribution is -0.119. The number of carboxylic acids is 1. The Labute approximate surface area is 118 Å². The van der Waals surface area contributed by atoms with Gasteiger partial charge >= 0.3 is 5.97 Å². The second-order valence-corrected chi connectivity index (χ2v) is 4.55. The van der Waals surface area contributed by atoms with Gasteiger partial charge in [-0.2, -0.15) is 0 Å². The summed E-state index contributed by atoms with van der Waals surface area (Å²) in [4.78, 5) is 29.1. The van der Waals surface area contributed by atoms with Crippen molar-refractivity contribution in [3.05, 3.63) is 22.9 Å². The number of carbonyl (C=O) groups excluding carboxylic acids is 1. The molecule has 6 nitrogen and oxygen atoms in total. The average Bonchev–Trinajstić information content (AvgIpc) is 2.34. The first-order valence-electron chi connectivity index (χ1n) is 6.63. The molecule has 1 aromatic rings. The zero-order chi connectivity index (χ0) is 15.3. The normalized spacial score (nSPS) is 10.2. The number of amides is 1. The van der Waals surface area contributed by atoms with Crippen LogP contribution in [0.2, 0.25) is 0 Å². The first kappa shape index (κ1) is 15.9. The molecule has 1 aromatic heterocycles. The molecule has 0 fully saturated rings. The number of hydrogen-bond donors (Lipinski definition) is 2. The third-order valence-electron chi connectivity index (χ3n) is 2.93. The molecule has 0 aromatic carbocycles. The van der Waals surface area contributed by atoms with Gasteiger partial charge in [0.25, 0.3) is 0 Å². The minimum Gasteiger partial charge on any atom is -0.478 e. The number of aromatic nitrogens is 1. The summed E-state index contributed by atoms with van der Waals surface area (Å²) in [6.45, 7) is 8.40. The van der Waals surface area contributed by atoms with Crippen LogP contribution in [-0.4, -0.2) is 41.6 Å². The monoisotopic (exact) mass is 279 g/mol. The molecule has 0 saturated heterocycles. The fraction of sp³-hybridized carbons (Fsp3) is 0.500. The molecule has 0 aliphatic heterocycles. The lowest BCUT2D eigenvalue weighted by Crippen LogP contribution is -2.38. The minimum atomic E-state index is -1.03. The molecular weight excluding hydrogens is 258 g/mol. The van der Waals surface area contributed by atoms with Crippen molar-refractivity contribution in [3.8, 4) is 0 Å². The third-order valence-corrected chi connectivity index (χ3v) is 2.93. The summed E-state index contributed by atoms with van der Waals surface area (Å²) in [6, 6.07) is 1.73. The van der Waals surface area contributed by atoms with E-state index in [1.807, 2.05) is 20.8 Å². The van der Waals surface area contributed by atoms with E-state index >= 15 is 0 Å². The number of rotatable bonds is 6. The summed E-state index contributed by atoms with van der Waals surface area (Å²) in [6.07, 6.45) is 0. The molecule has 0 spiro atoms. The van der Waals surface area contributed by atoms with Crippen LogP contribution in [0.5, 0.6) is 0 Å². The maximum absolute atomic E-state index is 11.7. The van der Waals surface area contributed by atoms with Gasteiger partial charge in [0, 0.05) is 18.8 Å². The Balaban J connectivity index is 3.20. The number of likely N-dealkylation sites (N-methyl/N-ethyl adjacent to an activating group) is 2. The fourth-order valence-corrected chi connectivity index (χ4v) is 2.07. The number of carboxylic acid groups (broad SMARTS) is 1. The number of aromatic carboxylic acids is 1. The number of nitrogens with zero attached hydrogens (tertiary/aromatic N) is 2.